The Kier molecular flexibility index (Phi) is 5.63. The van der Waals surface area contributed by atoms with Crippen LogP contribution in [0.3, 0.4) is 0 Å². The molecule has 0 N–H and O–H groups in total. The lowest BCUT2D eigenvalue weighted by molar-refractivity contribution is 0.668. The number of furan rings is 3. The minimum absolute atomic E-state index is 0.851. The molecule has 0 unspecified atom stereocenters. The van der Waals surface area contributed by atoms with Gasteiger partial charge in [0.05, 0.1) is 11.1 Å². The number of hydrogen-bond donors (Lipinski definition) is 0. The van der Waals surface area contributed by atoms with E-state index in [1.807, 2.05) is 30.3 Å². The van der Waals surface area contributed by atoms with Gasteiger partial charge in [0.2, 0.25) is 0 Å². The van der Waals surface area contributed by atoms with Crippen LogP contribution in [0.15, 0.2) is 177 Å². The van der Waals surface area contributed by atoms with E-state index >= 15 is 0 Å². The van der Waals surface area contributed by atoms with Crippen molar-refractivity contribution in [3.05, 3.63) is 164 Å². The fourth-order valence-corrected chi connectivity index (χ4v) is 7.77. The Morgan fingerprint density at radius 2 is 1.00 bits per heavy atom. The molecule has 11 aromatic rings. The molecular formula is C46H27NO3. The Hall–Kier alpha value is -6.78. The molecule has 234 valence electrons. The van der Waals surface area contributed by atoms with Crippen molar-refractivity contribution in [3.63, 3.8) is 0 Å². The molecule has 11 rings (SSSR count). The molecule has 3 aromatic heterocycles. The molecular weight excluding hydrogens is 615 g/mol. The first-order valence-corrected chi connectivity index (χ1v) is 16.8. The first-order valence-electron chi connectivity index (χ1n) is 16.8. The highest BCUT2D eigenvalue weighted by atomic mass is 16.3. The third-order valence-electron chi connectivity index (χ3n) is 10.1. The highest BCUT2D eigenvalue weighted by Gasteiger charge is 2.21. The molecule has 0 saturated carbocycles. The van der Waals surface area contributed by atoms with E-state index in [9.17, 15) is 0 Å². The van der Waals surface area contributed by atoms with Crippen LogP contribution in [0.5, 0.6) is 0 Å². The average Bonchev–Trinajstić information content (AvgIpc) is 3.87. The van der Waals surface area contributed by atoms with Crippen molar-refractivity contribution in [2.45, 2.75) is 0 Å². The minimum atomic E-state index is 0.851. The molecule has 0 aliphatic rings. The van der Waals surface area contributed by atoms with E-state index in [2.05, 4.69) is 138 Å². The molecule has 0 bridgehead atoms. The van der Waals surface area contributed by atoms with Crippen molar-refractivity contribution in [1.82, 2.24) is 0 Å². The van der Waals surface area contributed by atoms with Gasteiger partial charge in [-0.25, -0.2) is 0 Å². The topological polar surface area (TPSA) is 42.7 Å². The van der Waals surface area contributed by atoms with Crippen LogP contribution < -0.4 is 4.90 Å². The summed E-state index contributed by atoms with van der Waals surface area (Å²) in [7, 11) is 0. The molecule has 0 aliphatic carbocycles. The van der Waals surface area contributed by atoms with Crippen molar-refractivity contribution in [1.29, 1.82) is 0 Å². The number of hydrogen-bond acceptors (Lipinski definition) is 4. The van der Waals surface area contributed by atoms with Crippen molar-refractivity contribution >= 4 is 93.7 Å². The van der Waals surface area contributed by atoms with Crippen molar-refractivity contribution in [2.24, 2.45) is 0 Å². The van der Waals surface area contributed by atoms with Gasteiger partial charge in [0, 0.05) is 49.3 Å². The van der Waals surface area contributed by atoms with Crippen LogP contribution in [0.1, 0.15) is 0 Å². The van der Waals surface area contributed by atoms with E-state index in [1.165, 1.54) is 5.39 Å². The molecule has 50 heavy (non-hydrogen) atoms. The zero-order chi connectivity index (χ0) is 32.8. The van der Waals surface area contributed by atoms with Gasteiger partial charge in [-0.15, -0.1) is 0 Å². The fourth-order valence-electron chi connectivity index (χ4n) is 7.77. The summed E-state index contributed by atoms with van der Waals surface area (Å²) in [5, 5.41) is 8.88. The zero-order valence-electron chi connectivity index (χ0n) is 26.8. The summed E-state index contributed by atoms with van der Waals surface area (Å²) in [5.74, 6) is 0. The summed E-state index contributed by atoms with van der Waals surface area (Å²) in [6.07, 6.45) is 0. The zero-order valence-corrected chi connectivity index (χ0v) is 26.8. The van der Waals surface area contributed by atoms with Gasteiger partial charge in [-0.2, -0.15) is 0 Å². The first-order chi connectivity index (χ1) is 24.8. The van der Waals surface area contributed by atoms with E-state index in [1.54, 1.807) is 0 Å². The van der Waals surface area contributed by atoms with Gasteiger partial charge in [0.15, 0.2) is 0 Å². The van der Waals surface area contributed by atoms with Crippen molar-refractivity contribution in [2.75, 3.05) is 4.90 Å². The summed E-state index contributed by atoms with van der Waals surface area (Å²) in [4.78, 5) is 2.32. The molecule has 0 fully saturated rings. The molecule has 0 radical (unpaired) electrons. The summed E-state index contributed by atoms with van der Waals surface area (Å²) in [6.45, 7) is 0. The second-order valence-electron chi connectivity index (χ2n) is 12.9. The first kappa shape index (κ1) is 27.2. The predicted molar refractivity (Wildman–Crippen MR) is 206 cm³/mol. The van der Waals surface area contributed by atoms with Crippen LogP contribution in [0.25, 0.3) is 87.7 Å². The summed E-state index contributed by atoms with van der Waals surface area (Å²) >= 11 is 0. The van der Waals surface area contributed by atoms with Crippen LogP contribution in [-0.2, 0) is 0 Å². The standard InChI is InChI=1S/C46H27NO3/c1-2-10-32-28(9-1)21-25-36-35-14-7-13-33(45(35)50-46(32)36)29-19-22-30(23-20-29)47(31-24-26-42-38(27-31)34-11-3-5-16-40(34)48-42)39-15-8-18-43-44(39)37-12-4-6-17-41(37)49-43/h1-27H. The molecule has 0 aliphatic heterocycles. The number of benzene rings is 8. The van der Waals surface area contributed by atoms with Gasteiger partial charge in [0.1, 0.15) is 33.5 Å². The molecule has 3 heterocycles. The van der Waals surface area contributed by atoms with E-state index < -0.39 is 0 Å². The molecule has 0 atom stereocenters. The number of para-hydroxylation sites is 3. The van der Waals surface area contributed by atoms with Gasteiger partial charge < -0.3 is 18.2 Å². The maximum absolute atomic E-state index is 6.69. The lowest BCUT2D eigenvalue weighted by Crippen LogP contribution is -2.10. The van der Waals surface area contributed by atoms with Gasteiger partial charge in [0.25, 0.3) is 0 Å². The van der Waals surface area contributed by atoms with Crippen LogP contribution in [0, 0.1) is 0 Å². The average molecular weight is 642 g/mol. The van der Waals surface area contributed by atoms with Crippen LogP contribution in [0.2, 0.25) is 0 Å². The lowest BCUT2D eigenvalue weighted by Gasteiger charge is -2.26. The van der Waals surface area contributed by atoms with E-state index in [-0.39, 0.29) is 0 Å². The summed E-state index contributed by atoms with van der Waals surface area (Å²) in [6, 6.07) is 57.2. The molecule has 0 spiro atoms. The van der Waals surface area contributed by atoms with E-state index in [0.29, 0.717) is 0 Å². The van der Waals surface area contributed by atoms with Gasteiger partial charge in [-0.05, 0) is 71.6 Å². The predicted octanol–water partition coefficient (Wildman–Crippen LogP) is 13.7. The SMILES string of the molecule is c1ccc2c(c1)ccc1c3cccc(-c4ccc(N(c5ccc6oc7ccccc7c6c5)c5cccc6oc7ccccc7c56)cc4)c3oc21. The van der Waals surface area contributed by atoms with Gasteiger partial charge in [-0.3, -0.25) is 0 Å². The van der Waals surface area contributed by atoms with Gasteiger partial charge >= 0.3 is 0 Å². The molecule has 4 heteroatoms. The lowest BCUT2D eigenvalue weighted by atomic mass is 10.0. The number of fused-ring (bicyclic) bond motifs is 11. The monoisotopic (exact) mass is 641 g/mol. The summed E-state index contributed by atoms with van der Waals surface area (Å²) in [5.41, 5.74) is 10.5. The Labute approximate surface area is 286 Å². The maximum Gasteiger partial charge on any atom is 0.143 e. The van der Waals surface area contributed by atoms with Crippen LogP contribution in [0.4, 0.5) is 17.1 Å². The molecule has 0 saturated heterocycles. The Morgan fingerprint density at radius 1 is 0.360 bits per heavy atom. The van der Waals surface area contributed by atoms with E-state index in [4.69, 9.17) is 13.3 Å². The maximum atomic E-state index is 6.69. The third-order valence-corrected chi connectivity index (χ3v) is 10.1. The Morgan fingerprint density at radius 3 is 1.88 bits per heavy atom. The second kappa shape index (κ2) is 10.4. The second-order valence-corrected chi connectivity index (χ2v) is 12.9. The van der Waals surface area contributed by atoms with E-state index in [0.717, 1.165) is 99.4 Å². The minimum Gasteiger partial charge on any atom is -0.456 e. The van der Waals surface area contributed by atoms with Crippen molar-refractivity contribution < 1.29 is 13.3 Å². The largest absolute Gasteiger partial charge is 0.456 e. The Balaban J connectivity index is 1.11. The Bertz CT molecular complexity index is 3110. The van der Waals surface area contributed by atoms with Gasteiger partial charge in [-0.1, -0.05) is 103 Å². The fraction of sp³-hybridized carbons (Fsp3) is 0. The highest BCUT2D eigenvalue weighted by Crippen LogP contribution is 2.45. The normalized spacial score (nSPS) is 12.0. The molecule has 8 aromatic carbocycles. The highest BCUT2D eigenvalue weighted by molar-refractivity contribution is 6.17. The summed E-state index contributed by atoms with van der Waals surface area (Å²) < 4.78 is 19.3. The van der Waals surface area contributed by atoms with Crippen molar-refractivity contribution in [3.8, 4) is 11.1 Å². The molecule has 4 nitrogen and oxygen atoms in total. The third kappa shape index (κ3) is 3.93. The smallest absolute Gasteiger partial charge is 0.143 e. The quantitative estimate of drug-likeness (QED) is 0.192. The number of nitrogens with zero attached hydrogens (tertiary/aromatic N) is 1. The number of anilines is 3. The number of rotatable bonds is 4. The van der Waals surface area contributed by atoms with Crippen LogP contribution >= 0.6 is 0 Å². The van der Waals surface area contributed by atoms with Crippen LogP contribution in [-0.4, -0.2) is 0 Å². The molecule has 0 amide bonds.